The van der Waals surface area contributed by atoms with Gasteiger partial charge in [-0.2, -0.15) is 0 Å². The van der Waals surface area contributed by atoms with Gasteiger partial charge in [-0.25, -0.2) is 0 Å². The monoisotopic (exact) mass is 390 g/mol. The Balaban J connectivity index is 0.00000132. The quantitative estimate of drug-likeness (QED) is 0.477. The third-order valence-electron chi connectivity index (χ3n) is 4.71. The molecule has 0 aromatic heterocycles. The predicted octanol–water partition coefficient (Wildman–Crippen LogP) is -0.286. The van der Waals surface area contributed by atoms with Crippen molar-refractivity contribution in [2.24, 2.45) is 0 Å². The van der Waals surface area contributed by atoms with Crippen molar-refractivity contribution < 1.29 is 29.3 Å². The number of allylic oxidation sites excluding steroid dienone is 4. The van der Waals surface area contributed by atoms with E-state index in [1.807, 2.05) is 0 Å². The van der Waals surface area contributed by atoms with Crippen LogP contribution >= 0.6 is 0 Å². The van der Waals surface area contributed by atoms with Crippen molar-refractivity contribution in [3.8, 4) is 0 Å². The van der Waals surface area contributed by atoms with Crippen LogP contribution < -0.4 is 29.3 Å². The van der Waals surface area contributed by atoms with Crippen molar-refractivity contribution in [3.63, 3.8) is 0 Å². The number of fused-ring (bicyclic) bond motifs is 4. The molecule has 0 saturated heterocycles. The molecule has 1 aliphatic carbocycles. The van der Waals surface area contributed by atoms with E-state index in [0.29, 0.717) is 6.04 Å². The minimum Gasteiger partial charge on any atom is -1.00 e. The van der Waals surface area contributed by atoms with Crippen molar-refractivity contribution in [2.45, 2.75) is 19.9 Å². The van der Waals surface area contributed by atoms with E-state index in [9.17, 15) is 0 Å². The Morgan fingerprint density at radius 1 is 1.14 bits per heavy atom. The van der Waals surface area contributed by atoms with Crippen LogP contribution in [0, 0.1) is 0 Å². The molecule has 0 bridgehead atoms. The molecular formula is C18H19IN2. The molecule has 1 atom stereocenters. The fraction of sp³-hybridized carbons (Fsp3) is 0.222. The molecule has 2 heterocycles. The van der Waals surface area contributed by atoms with Crippen LogP contribution in [0.1, 0.15) is 19.4 Å². The Bertz CT molecular complexity index is 737. The van der Waals surface area contributed by atoms with Crippen LogP contribution in [-0.4, -0.2) is 18.0 Å². The highest BCUT2D eigenvalue weighted by atomic mass is 127. The van der Waals surface area contributed by atoms with E-state index >= 15 is 0 Å². The van der Waals surface area contributed by atoms with Gasteiger partial charge >= 0.3 is 0 Å². The summed E-state index contributed by atoms with van der Waals surface area (Å²) < 4.78 is 0. The Hall–Kier alpha value is -1.33. The lowest BCUT2D eigenvalue weighted by Gasteiger charge is -2.29. The minimum absolute atomic E-state index is 0. The van der Waals surface area contributed by atoms with Crippen LogP contribution in [0.2, 0.25) is 0 Å². The van der Waals surface area contributed by atoms with Crippen LogP contribution in [0.3, 0.4) is 0 Å². The summed E-state index contributed by atoms with van der Waals surface area (Å²) in [6.07, 6.45) is 6.64. The molecule has 3 aliphatic rings. The summed E-state index contributed by atoms with van der Waals surface area (Å²) in [6, 6.07) is 9.21. The maximum Gasteiger partial charge on any atom is 0.140 e. The lowest BCUT2D eigenvalue weighted by molar-refractivity contribution is -0.581. The van der Waals surface area contributed by atoms with Crippen molar-refractivity contribution in [2.75, 3.05) is 7.05 Å². The van der Waals surface area contributed by atoms with Gasteiger partial charge in [-0.15, -0.1) is 0 Å². The van der Waals surface area contributed by atoms with E-state index in [1.165, 1.54) is 39.1 Å². The van der Waals surface area contributed by atoms with E-state index in [0.717, 1.165) is 0 Å². The molecule has 1 unspecified atom stereocenters. The van der Waals surface area contributed by atoms with Crippen molar-refractivity contribution in [1.82, 2.24) is 4.90 Å². The highest BCUT2D eigenvalue weighted by Crippen LogP contribution is 2.43. The molecule has 2 N–H and O–H groups in total. The normalized spacial score (nSPS) is 22.5. The van der Waals surface area contributed by atoms with Gasteiger partial charge in [-0.1, -0.05) is 12.1 Å². The summed E-state index contributed by atoms with van der Waals surface area (Å²) in [5.41, 5.74) is 9.96. The summed E-state index contributed by atoms with van der Waals surface area (Å²) in [4.78, 5) is 2.14. The molecule has 21 heavy (non-hydrogen) atoms. The molecule has 2 nitrogen and oxygen atoms in total. The number of rotatable bonds is 0. The molecule has 1 aromatic rings. The highest BCUT2D eigenvalue weighted by Gasteiger charge is 2.39. The maximum atomic E-state index is 2.42. The highest BCUT2D eigenvalue weighted by molar-refractivity contribution is 5.88. The van der Waals surface area contributed by atoms with Crippen LogP contribution in [0.25, 0.3) is 5.57 Å². The van der Waals surface area contributed by atoms with Gasteiger partial charge in [0.05, 0.1) is 0 Å². The van der Waals surface area contributed by atoms with Crippen molar-refractivity contribution in [1.29, 1.82) is 0 Å². The first kappa shape index (κ1) is 14.6. The first-order valence-electron chi connectivity index (χ1n) is 7.15. The Kier molecular flexibility index (Phi) is 3.58. The third kappa shape index (κ3) is 2.02. The van der Waals surface area contributed by atoms with Gasteiger partial charge < -0.3 is 34.2 Å². The molecule has 0 saturated carbocycles. The van der Waals surface area contributed by atoms with Crippen LogP contribution in [0.15, 0.2) is 65.0 Å². The summed E-state index contributed by atoms with van der Waals surface area (Å²) in [5, 5.41) is 2.42. The van der Waals surface area contributed by atoms with E-state index in [-0.39, 0.29) is 24.0 Å². The number of para-hydroxylation sites is 1. The Morgan fingerprint density at radius 3 is 2.71 bits per heavy atom. The third-order valence-corrected chi connectivity index (χ3v) is 4.71. The van der Waals surface area contributed by atoms with Gasteiger partial charge in [-0.05, 0) is 48.8 Å². The summed E-state index contributed by atoms with van der Waals surface area (Å²) in [5.74, 6) is 0. The van der Waals surface area contributed by atoms with E-state index in [4.69, 9.17) is 0 Å². The molecule has 0 spiro atoms. The van der Waals surface area contributed by atoms with Crippen LogP contribution in [0.4, 0.5) is 5.69 Å². The smallest absolute Gasteiger partial charge is 0.140 e. The second-order valence-electron chi connectivity index (χ2n) is 5.89. The Labute approximate surface area is 142 Å². The summed E-state index contributed by atoms with van der Waals surface area (Å²) in [7, 11) is 2.09. The van der Waals surface area contributed by atoms with E-state index < -0.39 is 0 Å². The lowest BCUT2D eigenvalue weighted by Crippen LogP contribution is -3.00. The average Bonchev–Trinajstić information content (AvgIpc) is 2.84. The van der Waals surface area contributed by atoms with Crippen LogP contribution in [-0.2, 0) is 0 Å². The second kappa shape index (κ2) is 5.14. The van der Waals surface area contributed by atoms with Crippen LogP contribution in [0.5, 0.6) is 0 Å². The molecule has 1 aromatic carbocycles. The molecule has 0 fully saturated rings. The fourth-order valence-corrected chi connectivity index (χ4v) is 3.65. The second-order valence-corrected chi connectivity index (χ2v) is 5.89. The summed E-state index contributed by atoms with van der Waals surface area (Å²) >= 11 is 0. The predicted molar refractivity (Wildman–Crippen MR) is 82.1 cm³/mol. The number of halogens is 1. The van der Waals surface area contributed by atoms with Gasteiger partial charge in [0, 0.05) is 36.2 Å². The number of hydrogen-bond donors (Lipinski definition) is 1. The van der Waals surface area contributed by atoms with Gasteiger partial charge in [-0.3, -0.25) is 0 Å². The zero-order valence-electron chi connectivity index (χ0n) is 12.5. The number of quaternary nitrogens is 1. The number of benzene rings is 1. The van der Waals surface area contributed by atoms with Crippen molar-refractivity contribution >= 4 is 11.3 Å². The van der Waals surface area contributed by atoms with E-state index in [2.05, 4.69) is 73.9 Å². The largest absolute Gasteiger partial charge is 1.00 e. The SMILES string of the molecule is CC1=C2c3ccccc3[NH2+]C2C(C)=C2C=CN(C)C=C12.[I-]. The Morgan fingerprint density at radius 2 is 1.90 bits per heavy atom. The molecule has 4 rings (SSSR count). The maximum absolute atomic E-state index is 2.42. The fourth-order valence-electron chi connectivity index (χ4n) is 3.65. The van der Waals surface area contributed by atoms with Gasteiger partial charge in [0.2, 0.25) is 0 Å². The number of nitrogens with two attached hydrogens (primary N) is 1. The van der Waals surface area contributed by atoms with Gasteiger partial charge in [0.25, 0.3) is 0 Å². The van der Waals surface area contributed by atoms with Gasteiger partial charge in [0.15, 0.2) is 0 Å². The molecule has 108 valence electrons. The van der Waals surface area contributed by atoms with Gasteiger partial charge in [0.1, 0.15) is 11.7 Å². The van der Waals surface area contributed by atoms with Crippen molar-refractivity contribution in [3.05, 3.63) is 70.6 Å². The first-order chi connectivity index (χ1) is 9.66. The number of nitrogens with zero attached hydrogens (tertiary/aromatic N) is 1. The average molecular weight is 390 g/mol. The zero-order chi connectivity index (χ0) is 13.9. The zero-order valence-corrected chi connectivity index (χ0v) is 14.7. The molecule has 2 aliphatic heterocycles. The summed E-state index contributed by atoms with van der Waals surface area (Å²) in [6.45, 7) is 4.54. The van der Waals surface area contributed by atoms with E-state index in [1.54, 1.807) is 0 Å². The topological polar surface area (TPSA) is 19.9 Å². The molecule has 0 amide bonds. The lowest BCUT2D eigenvalue weighted by atomic mass is 9.79. The first-order valence-corrected chi connectivity index (χ1v) is 7.15. The standard InChI is InChI=1S/C18H18N2.HI/c1-11-15-10-20(3)9-8-13(15)12(2)18-17(11)14-6-4-5-7-16(14)19-18;/h4-10,18-19H,1-3H3;1H. The number of hydrogen-bond acceptors (Lipinski definition) is 1. The molecule has 3 heteroatoms. The molecular weight excluding hydrogens is 371 g/mol. The molecule has 0 radical (unpaired) electrons. The minimum atomic E-state index is 0.